The van der Waals surface area contributed by atoms with Crippen molar-refractivity contribution in [3.05, 3.63) is 62.4 Å². The molecule has 8 nitrogen and oxygen atoms in total. The number of nitrogens with zero attached hydrogens (tertiary/aromatic N) is 5. The highest BCUT2D eigenvalue weighted by Gasteiger charge is 2.40. The lowest BCUT2D eigenvalue weighted by atomic mass is 10.2. The summed E-state index contributed by atoms with van der Waals surface area (Å²) in [4.78, 5) is 17.0. The topological polar surface area (TPSA) is 86.9 Å². The predicted molar refractivity (Wildman–Crippen MR) is 115 cm³/mol. The van der Waals surface area contributed by atoms with E-state index in [1.807, 2.05) is 20.0 Å². The van der Waals surface area contributed by atoms with Gasteiger partial charge in [-0.15, -0.1) is 5.10 Å². The first-order valence-corrected chi connectivity index (χ1v) is 10.3. The number of halogens is 1. The molecule has 1 aliphatic rings. The first-order chi connectivity index (χ1) is 14.3. The van der Waals surface area contributed by atoms with E-state index in [1.165, 1.54) is 4.68 Å². The number of nitrogens with one attached hydrogen (secondary N) is 1. The van der Waals surface area contributed by atoms with E-state index in [0.29, 0.717) is 41.7 Å². The van der Waals surface area contributed by atoms with Crippen LogP contribution in [-0.4, -0.2) is 31.2 Å². The smallest absolute Gasteiger partial charge is 0.290 e. The summed E-state index contributed by atoms with van der Waals surface area (Å²) in [5.41, 5.74) is 4.12. The van der Waals surface area contributed by atoms with Gasteiger partial charge in [-0.25, -0.2) is 4.68 Å². The maximum absolute atomic E-state index is 12.5. The van der Waals surface area contributed by atoms with Crippen LogP contribution in [0.5, 0.6) is 5.88 Å². The van der Waals surface area contributed by atoms with E-state index in [4.69, 9.17) is 16.3 Å². The van der Waals surface area contributed by atoms with Crippen LogP contribution >= 0.6 is 11.6 Å². The molecule has 0 unspecified atom stereocenters. The van der Waals surface area contributed by atoms with Crippen molar-refractivity contribution in [2.45, 2.75) is 32.7 Å². The molecule has 0 radical (unpaired) electrons. The van der Waals surface area contributed by atoms with Crippen LogP contribution in [0.1, 0.15) is 34.9 Å². The molecule has 0 spiro atoms. The first-order valence-electron chi connectivity index (χ1n) is 9.89. The van der Waals surface area contributed by atoms with Crippen molar-refractivity contribution in [3.8, 4) is 5.88 Å². The Morgan fingerprint density at radius 2 is 2.03 bits per heavy atom. The van der Waals surface area contributed by atoms with Crippen molar-refractivity contribution in [2.24, 2.45) is 20.0 Å². The van der Waals surface area contributed by atoms with E-state index in [1.54, 1.807) is 24.8 Å². The van der Waals surface area contributed by atoms with Crippen molar-refractivity contribution < 1.29 is 4.74 Å². The molecule has 158 valence electrons. The molecule has 3 aromatic heterocycles. The Morgan fingerprint density at radius 3 is 2.70 bits per heavy atom. The molecular weight excluding hydrogens is 404 g/mol. The van der Waals surface area contributed by atoms with Gasteiger partial charge in [0.15, 0.2) is 0 Å². The Labute approximate surface area is 179 Å². The van der Waals surface area contributed by atoms with E-state index in [2.05, 4.69) is 32.6 Å². The normalized spacial score (nSPS) is 17.8. The maximum Gasteiger partial charge on any atom is 0.290 e. The van der Waals surface area contributed by atoms with Gasteiger partial charge >= 0.3 is 0 Å². The SMILES string of the molecule is Cc1ccc([C@H]2C[C@@H]2COc2cc(NCc3c(C)nn(C)c3Cl)c(=O)n(C)n2)nc1. The van der Waals surface area contributed by atoms with Crippen molar-refractivity contribution >= 4 is 17.3 Å². The van der Waals surface area contributed by atoms with Crippen molar-refractivity contribution in [3.63, 3.8) is 0 Å². The fourth-order valence-electron chi connectivity index (χ4n) is 3.52. The Morgan fingerprint density at radius 1 is 1.23 bits per heavy atom. The summed E-state index contributed by atoms with van der Waals surface area (Å²) in [6.45, 7) is 4.85. The highest BCUT2D eigenvalue weighted by atomic mass is 35.5. The number of aromatic nitrogens is 5. The van der Waals surface area contributed by atoms with Crippen LogP contribution in [-0.2, 0) is 20.6 Å². The van der Waals surface area contributed by atoms with Crippen LogP contribution in [0.3, 0.4) is 0 Å². The Kier molecular flexibility index (Phi) is 5.51. The van der Waals surface area contributed by atoms with Gasteiger partial charge in [0.25, 0.3) is 5.56 Å². The molecule has 0 amide bonds. The highest BCUT2D eigenvalue weighted by Crippen LogP contribution is 2.46. The summed E-state index contributed by atoms with van der Waals surface area (Å²) in [6, 6.07) is 5.81. The van der Waals surface area contributed by atoms with Gasteiger partial charge in [-0.3, -0.25) is 14.5 Å². The Bertz CT molecular complexity index is 1120. The van der Waals surface area contributed by atoms with E-state index >= 15 is 0 Å². The molecule has 0 saturated heterocycles. The minimum absolute atomic E-state index is 0.229. The number of pyridine rings is 1. The molecule has 4 rings (SSSR count). The molecule has 3 heterocycles. The number of ether oxygens (including phenoxy) is 1. The van der Waals surface area contributed by atoms with E-state index in [9.17, 15) is 4.79 Å². The zero-order chi connectivity index (χ0) is 21.4. The van der Waals surface area contributed by atoms with Gasteiger partial charge < -0.3 is 10.1 Å². The fourth-order valence-corrected chi connectivity index (χ4v) is 3.76. The lowest BCUT2D eigenvalue weighted by Gasteiger charge is -2.11. The summed E-state index contributed by atoms with van der Waals surface area (Å²) in [5.74, 6) is 1.25. The molecule has 1 fully saturated rings. The standard InChI is InChI=1S/C21H25ClN6O2/c1-12-5-6-17(23-9-12)15-7-14(15)11-30-19-8-18(21(29)28(4)26-19)24-10-16-13(2)25-27(3)20(16)22/h5-6,8-9,14-15,24H,7,10-11H2,1-4H3/t14-,15+/m1/s1. The van der Waals surface area contributed by atoms with Gasteiger partial charge in [0.1, 0.15) is 10.8 Å². The number of anilines is 1. The lowest BCUT2D eigenvalue weighted by Crippen LogP contribution is -2.24. The second kappa shape index (κ2) is 8.10. The van der Waals surface area contributed by atoms with E-state index in [-0.39, 0.29) is 5.56 Å². The minimum Gasteiger partial charge on any atom is -0.476 e. The van der Waals surface area contributed by atoms with Crippen molar-refractivity contribution in [1.82, 2.24) is 24.5 Å². The first kappa shape index (κ1) is 20.4. The summed E-state index contributed by atoms with van der Waals surface area (Å²) >= 11 is 6.28. The van der Waals surface area contributed by atoms with Crippen LogP contribution < -0.4 is 15.6 Å². The number of aryl methyl sites for hydroxylation is 4. The molecule has 0 bridgehead atoms. The quantitative estimate of drug-likeness (QED) is 0.622. The monoisotopic (exact) mass is 428 g/mol. The van der Waals surface area contributed by atoms with Gasteiger partial charge in [0, 0.05) is 56.0 Å². The number of hydrogen-bond acceptors (Lipinski definition) is 6. The van der Waals surface area contributed by atoms with Gasteiger partial charge in [0.2, 0.25) is 5.88 Å². The maximum atomic E-state index is 12.5. The largest absolute Gasteiger partial charge is 0.476 e. The zero-order valence-electron chi connectivity index (χ0n) is 17.5. The summed E-state index contributed by atoms with van der Waals surface area (Å²) in [6.07, 6.45) is 2.94. The average molecular weight is 429 g/mol. The van der Waals surface area contributed by atoms with E-state index < -0.39 is 0 Å². The summed E-state index contributed by atoms with van der Waals surface area (Å²) < 4.78 is 8.80. The van der Waals surface area contributed by atoms with E-state index in [0.717, 1.165) is 28.9 Å². The molecule has 30 heavy (non-hydrogen) atoms. The Balaban J connectivity index is 1.41. The molecular formula is C21H25ClN6O2. The zero-order valence-corrected chi connectivity index (χ0v) is 18.3. The minimum atomic E-state index is -0.229. The molecule has 1 saturated carbocycles. The summed E-state index contributed by atoms with van der Waals surface area (Å²) in [5, 5.41) is 12.2. The second-order valence-electron chi connectivity index (χ2n) is 7.83. The Hall–Kier alpha value is -2.87. The van der Waals surface area contributed by atoms with Crippen LogP contribution in [0, 0.1) is 19.8 Å². The van der Waals surface area contributed by atoms with Gasteiger partial charge in [0.05, 0.1) is 12.3 Å². The molecule has 1 aliphatic carbocycles. The second-order valence-corrected chi connectivity index (χ2v) is 8.19. The summed E-state index contributed by atoms with van der Waals surface area (Å²) in [7, 11) is 3.40. The predicted octanol–water partition coefficient (Wildman–Crippen LogP) is 2.97. The fraction of sp³-hybridized carbons (Fsp3) is 0.429. The van der Waals surface area contributed by atoms with Gasteiger partial charge in [-0.05, 0) is 31.9 Å². The van der Waals surface area contributed by atoms with Crippen LogP contribution in [0.2, 0.25) is 5.15 Å². The number of hydrogen-bond donors (Lipinski definition) is 1. The molecule has 1 N–H and O–H groups in total. The third-order valence-electron chi connectivity index (χ3n) is 5.45. The van der Waals surface area contributed by atoms with Crippen molar-refractivity contribution in [1.29, 1.82) is 0 Å². The number of rotatable bonds is 7. The molecule has 2 atom stereocenters. The average Bonchev–Trinajstić information content (AvgIpc) is 3.44. The highest BCUT2D eigenvalue weighted by molar-refractivity contribution is 6.30. The van der Waals surface area contributed by atoms with Crippen LogP contribution in [0.4, 0.5) is 5.69 Å². The third-order valence-corrected chi connectivity index (χ3v) is 5.92. The van der Waals surface area contributed by atoms with Crippen molar-refractivity contribution in [2.75, 3.05) is 11.9 Å². The third kappa shape index (κ3) is 4.18. The van der Waals surface area contributed by atoms with Gasteiger partial charge in [-0.1, -0.05) is 17.7 Å². The van der Waals surface area contributed by atoms with Crippen LogP contribution in [0.15, 0.2) is 29.2 Å². The lowest BCUT2D eigenvalue weighted by molar-refractivity contribution is 0.278. The molecule has 0 aromatic carbocycles. The van der Waals surface area contributed by atoms with Crippen LogP contribution in [0.25, 0.3) is 0 Å². The molecule has 0 aliphatic heterocycles. The molecule has 9 heteroatoms. The molecule has 3 aromatic rings. The van der Waals surface area contributed by atoms with Gasteiger partial charge in [-0.2, -0.15) is 5.10 Å².